The SMILES string of the molecule is CCOc1cccc(NC(=O)/C(C#N)=C\c2cccn2-c2ccc(C)c(Cl)c2)c1. The molecule has 1 amide bonds. The highest BCUT2D eigenvalue weighted by Gasteiger charge is 2.12. The van der Waals surface area contributed by atoms with Crippen molar-refractivity contribution in [1.82, 2.24) is 4.57 Å². The average Bonchev–Trinajstić information content (AvgIpc) is 3.17. The van der Waals surface area contributed by atoms with Gasteiger partial charge >= 0.3 is 0 Å². The van der Waals surface area contributed by atoms with Crippen LogP contribution in [0.1, 0.15) is 18.2 Å². The van der Waals surface area contributed by atoms with Crippen LogP contribution in [-0.4, -0.2) is 17.1 Å². The Bertz CT molecular complexity index is 1110. The third kappa shape index (κ3) is 4.87. The first-order valence-electron chi connectivity index (χ1n) is 9.11. The maximum Gasteiger partial charge on any atom is 0.266 e. The maximum atomic E-state index is 12.6. The highest BCUT2D eigenvalue weighted by Crippen LogP contribution is 2.23. The number of carbonyl (C=O) groups excluding carboxylic acids is 1. The Morgan fingerprint density at radius 3 is 2.79 bits per heavy atom. The molecule has 0 atom stereocenters. The molecule has 0 fully saturated rings. The standard InChI is InChI=1S/C23H20ClN3O2/c1-3-29-21-8-4-6-18(13-21)26-23(28)17(15-25)12-19-7-5-11-27(19)20-10-9-16(2)22(24)14-20/h4-14H,3H2,1-2H3,(H,26,28)/b17-12-. The number of benzene rings is 2. The largest absolute Gasteiger partial charge is 0.494 e. The zero-order valence-electron chi connectivity index (χ0n) is 16.1. The quantitative estimate of drug-likeness (QED) is 0.442. The average molecular weight is 406 g/mol. The molecule has 0 bridgehead atoms. The molecule has 0 saturated carbocycles. The predicted octanol–water partition coefficient (Wildman–Crippen LogP) is 5.38. The topological polar surface area (TPSA) is 67.0 Å². The number of halogens is 1. The van der Waals surface area contributed by atoms with Gasteiger partial charge in [0.25, 0.3) is 5.91 Å². The summed E-state index contributed by atoms with van der Waals surface area (Å²) in [7, 11) is 0. The molecule has 0 saturated heterocycles. The molecule has 0 unspecified atom stereocenters. The fourth-order valence-electron chi connectivity index (χ4n) is 2.80. The van der Waals surface area contributed by atoms with Crippen LogP contribution in [0.3, 0.4) is 0 Å². The molecule has 146 valence electrons. The summed E-state index contributed by atoms with van der Waals surface area (Å²) in [6.45, 7) is 4.35. The van der Waals surface area contributed by atoms with Crippen molar-refractivity contribution in [2.45, 2.75) is 13.8 Å². The third-order valence-corrected chi connectivity index (χ3v) is 4.68. The van der Waals surface area contributed by atoms with Gasteiger partial charge in [-0.25, -0.2) is 0 Å². The van der Waals surface area contributed by atoms with Gasteiger partial charge in [-0.3, -0.25) is 4.79 Å². The number of ether oxygens (including phenoxy) is 1. The maximum absolute atomic E-state index is 12.6. The van der Waals surface area contributed by atoms with Crippen molar-refractivity contribution < 1.29 is 9.53 Å². The molecule has 6 heteroatoms. The van der Waals surface area contributed by atoms with Crippen molar-refractivity contribution in [3.63, 3.8) is 0 Å². The summed E-state index contributed by atoms with van der Waals surface area (Å²) in [6.07, 6.45) is 3.40. The molecule has 1 aromatic heterocycles. The van der Waals surface area contributed by atoms with E-state index in [0.717, 1.165) is 11.3 Å². The number of nitriles is 1. The van der Waals surface area contributed by atoms with E-state index in [1.54, 1.807) is 30.3 Å². The lowest BCUT2D eigenvalue weighted by atomic mass is 10.2. The van der Waals surface area contributed by atoms with Crippen LogP contribution in [0.25, 0.3) is 11.8 Å². The third-order valence-electron chi connectivity index (χ3n) is 4.27. The van der Waals surface area contributed by atoms with Gasteiger partial charge in [-0.15, -0.1) is 0 Å². The normalized spacial score (nSPS) is 11.0. The van der Waals surface area contributed by atoms with Crippen molar-refractivity contribution >= 4 is 29.3 Å². The Kier molecular flexibility index (Phi) is 6.38. The van der Waals surface area contributed by atoms with Gasteiger partial charge in [0, 0.05) is 34.4 Å². The summed E-state index contributed by atoms with van der Waals surface area (Å²) < 4.78 is 7.30. The Morgan fingerprint density at radius 1 is 1.24 bits per heavy atom. The van der Waals surface area contributed by atoms with E-state index in [1.165, 1.54) is 0 Å². The Labute approximate surface area is 174 Å². The fourth-order valence-corrected chi connectivity index (χ4v) is 2.98. The molecule has 5 nitrogen and oxygen atoms in total. The molecule has 0 radical (unpaired) electrons. The minimum absolute atomic E-state index is 0.00929. The van der Waals surface area contributed by atoms with Crippen molar-refractivity contribution in [3.05, 3.63) is 82.6 Å². The van der Waals surface area contributed by atoms with Gasteiger partial charge < -0.3 is 14.6 Å². The van der Waals surface area contributed by atoms with Crippen molar-refractivity contribution in [2.75, 3.05) is 11.9 Å². The molecular weight excluding hydrogens is 386 g/mol. The number of aromatic nitrogens is 1. The molecule has 3 rings (SSSR count). The van der Waals surface area contributed by atoms with Crippen LogP contribution in [0.5, 0.6) is 5.75 Å². The smallest absolute Gasteiger partial charge is 0.266 e. The number of nitrogens with one attached hydrogen (secondary N) is 1. The predicted molar refractivity (Wildman–Crippen MR) is 115 cm³/mol. The fraction of sp³-hybridized carbons (Fsp3) is 0.130. The van der Waals surface area contributed by atoms with Crippen molar-refractivity contribution in [1.29, 1.82) is 5.26 Å². The van der Waals surface area contributed by atoms with Crippen LogP contribution in [0.4, 0.5) is 5.69 Å². The number of aryl methyl sites for hydroxylation is 1. The second-order valence-electron chi connectivity index (χ2n) is 6.32. The number of amides is 1. The van der Waals surface area contributed by atoms with Gasteiger partial charge in [0.2, 0.25) is 0 Å². The summed E-state index contributed by atoms with van der Waals surface area (Å²) in [5, 5.41) is 12.9. The molecule has 29 heavy (non-hydrogen) atoms. The number of rotatable bonds is 6. The second-order valence-corrected chi connectivity index (χ2v) is 6.73. The summed E-state index contributed by atoms with van der Waals surface area (Å²) >= 11 is 6.24. The Morgan fingerprint density at radius 2 is 2.07 bits per heavy atom. The lowest BCUT2D eigenvalue weighted by Crippen LogP contribution is -2.13. The number of hydrogen-bond donors (Lipinski definition) is 1. The number of anilines is 1. The Hall–Kier alpha value is -3.49. The van der Waals surface area contributed by atoms with E-state index in [2.05, 4.69) is 5.32 Å². The number of nitrogens with zero attached hydrogens (tertiary/aromatic N) is 2. The monoisotopic (exact) mass is 405 g/mol. The summed E-state index contributed by atoms with van der Waals surface area (Å²) in [6, 6.07) is 18.4. The summed E-state index contributed by atoms with van der Waals surface area (Å²) in [5.74, 6) is 0.161. The van der Waals surface area contributed by atoms with E-state index in [0.29, 0.717) is 28.8 Å². The molecule has 1 heterocycles. The zero-order valence-corrected chi connectivity index (χ0v) is 16.9. The first-order valence-corrected chi connectivity index (χ1v) is 9.49. The van der Waals surface area contributed by atoms with Crippen LogP contribution >= 0.6 is 11.6 Å². The highest BCUT2D eigenvalue weighted by atomic mass is 35.5. The molecule has 3 aromatic rings. The Balaban J connectivity index is 1.86. The molecular formula is C23H20ClN3O2. The van der Waals surface area contributed by atoms with Gasteiger partial charge in [-0.2, -0.15) is 5.26 Å². The molecule has 0 aliphatic heterocycles. The molecule has 0 aliphatic rings. The molecule has 1 N–H and O–H groups in total. The van der Waals surface area contributed by atoms with Gasteiger partial charge in [0.1, 0.15) is 17.4 Å². The zero-order chi connectivity index (χ0) is 20.8. The van der Waals surface area contributed by atoms with Crippen LogP contribution in [0, 0.1) is 18.3 Å². The van der Waals surface area contributed by atoms with Crippen LogP contribution in [0.15, 0.2) is 66.4 Å². The van der Waals surface area contributed by atoms with Gasteiger partial charge in [-0.05, 0) is 61.9 Å². The second kappa shape index (κ2) is 9.13. The summed E-state index contributed by atoms with van der Waals surface area (Å²) in [5.41, 5.74) is 3.07. The van der Waals surface area contributed by atoms with Crippen LogP contribution in [0.2, 0.25) is 5.02 Å². The summed E-state index contributed by atoms with van der Waals surface area (Å²) in [4.78, 5) is 12.6. The number of hydrogen-bond acceptors (Lipinski definition) is 3. The number of carbonyl (C=O) groups is 1. The lowest BCUT2D eigenvalue weighted by molar-refractivity contribution is -0.112. The van der Waals surface area contributed by atoms with E-state index in [-0.39, 0.29) is 5.57 Å². The molecule has 0 aliphatic carbocycles. The highest BCUT2D eigenvalue weighted by molar-refractivity contribution is 6.31. The van der Waals surface area contributed by atoms with Crippen LogP contribution < -0.4 is 10.1 Å². The first-order chi connectivity index (χ1) is 14.0. The van der Waals surface area contributed by atoms with Crippen LogP contribution in [-0.2, 0) is 4.79 Å². The van der Waals surface area contributed by atoms with E-state index in [1.807, 2.05) is 61.0 Å². The molecule has 2 aromatic carbocycles. The van der Waals surface area contributed by atoms with Gasteiger partial charge in [-0.1, -0.05) is 23.7 Å². The minimum atomic E-state index is -0.490. The van der Waals surface area contributed by atoms with E-state index < -0.39 is 5.91 Å². The van der Waals surface area contributed by atoms with Crippen molar-refractivity contribution in [2.24, 2.45) is 0 Å². The lowest BCUT2D eigenvalue weighted by Gasteiger charge is -2.10. The first kappa shape index (κ1) is 20.2. The van der Waals surface area contributed by atoms with Crippen molar-refractivity contribution in [3.8, 4) is 17.5 Å². The van der Waals surface area contributed by atoms with E-state index in [4.69, 9.17) is 16.3 Å². The minimum Gasteiger partial charge on any atom is -0.494 e. The van der Waals surface area contributed by atoms with E-state index in [9.17, 15) is 10.1 Å². The van der Waals surface area contributed by atoms with Gasteiger partial charge in [0.15, 0.2) is 0 Å². The van der Waals surface area contributed by atoms with E-state index >= 15 is 0 Å². The molecule has 0 spiro atoms. The van der Waals surface area contributed by atoms with Gasteiger partial charge in [0.05, 0.1) is 6.61 Å².